The van der Waals surface area contributed by atoms with Gasteiger partial charge in [-0.2, -0.15) is 0 Å². The van der Waals surface area contributed by atoms with Gasteiger partial charge >= 0.3 is 0 Å². The van der Waals surface area contributed by atoms with Gasteiger partial charge in [0.05, 0.1) is 32.0 Å². The maximum absolute atomic E-state index is 13.1. The van der Waals surface area contributed by atoms with E-state index in [1.165, 1.54) is 122 Å². The van der Waals surface area contributed by atoms with E-state index in [4.69, 9.17) is 18.9 Å². The lowest BCUT2D eigenvalue weighted by atomic mass is 9.97. The third-order valence-corrected chi connectivity index (χ3v) is 14.0. The molecule has 0 aromatic rings. The second kappa shape index (κ2) is 44.8. The molecule has 1 amide bonds. The van der Waals surface area contributed by atoms with Crippen LogP contribution < -0.4 is 5.32 Å². The summed E-state index contributed by atoms with van der Waals surface area (Å²) in [4.78, 5) is 13.1. The quantitative estimate of drug-likeness (QED) is 0.0205. The molecule has 14 nitrogen and oxygen atoms in total. The van der Waals surface area contributed by atoms with Crippen LogP contribution in [0.2, 0.25) is 0 Å². The maximum Gasteiger partial charge on any atom is 0.220 e. The van der Waals surface area contributed by atoms with E-state index in [0.717, 1.165) is 64.2 Å². The number of unbranched alkanes of at least 4 members (excludes halogenated alkanes) is 24. The molecule has 2 aliphatic heterocycles. The minimum atomic E-state index is -1.79. The van der Waals surface area contributed by atoms with Gasteiger partial charge in [0, 0.05) is 6.42 Å². The van der Waals surface area contributed by atoms with Gasteiger partial charge in [0.25, 0.3) is 0 Å². The van der Waals surface area contributed by atoms with Crippen molar-refractivity contribution in [1.82, 2.24) is 5.32 Å². The Bertz CT molecular complexity index is 1450. The Morgan fingerprint density at radius 2 is 0.945 bits per heavy atom. The van der Waals surface area contributed by atoms with Crippen molar-refractivity contribution in [2.45, 2.75) is 286 Å². The van der Waals surface area contributed by atoms with Crippen molar-refractivity contribution in [3.8, 4) is 0 Å². The summed E-state index contributed by atoms with van der Waals surface area (Å²) in [6.45, 7) is 2.51. The van der Waals surface area contributed by atoms with E-state index in [1.54, 1.807) is 6.08 Å². The number of aliphatic hydroxyl groups is 8. The second-order valence-electron chi connectivity index (χ2n) is 20.4. The fourth-order valence-corrected chi connectivity index (χ4v) is 9.27. The summed E-state index contributed by atoms with van der Waals surface area (Å²) in [5, 5.41) is 86.2. The zero-order valence-electron chi connectivity index (χ0n) is 45.4. The highest BCUT2D eigenvalue weighted by molar-refractivity contribution is 5.76. The third kappa shape index (κ3) is 30.9. The summed E-state index contributed by atoms with van der Waals surface area (Å²) in [6, 6.07) is -0.909. The Morgan fingerprint density at radius 1 is 0.507 bits per heavy atom. The first-order chi connectivity index (χ1) is 35.6. The average molecular weight is 1040 g/mol. The molecule has 0 spiro atoms. The van der Waals surface area contributed by atoms with Crippen LogP contribution in [0.5, 0.6) is 0 Å². The predicted molar refractivity (Wildman–Crippen MR) is 290 cm³/mol. The van der Waals surface area contributed by atoms with Gasteiger partial charge in [-0.3, -0.25) is 4.79 Å². The monoisotopic (exact) mass is 1040 g/mol. The lowest BCUT2D eigenvalue weighted by Crippen LogP contribution is -2.65. The summed E-state index contributed by atoms with van der Waals surface area (Å²) in [5.41, 5.74) is 0. The number of ether oxygens (including phenoxy) is 4. The smallest absolute Gasteiger partial charge is 0.220 e. The summed E-state index contributed by atoms with van der Waals surface area (Å²) in [6.07, 6.45) is 41.0. The average Bonchev–Trinajstić information content (AvgIpc) is 3.39. The highest BCUT2D eigenvalue weighted by atomic mass is 16.7. The number of hydrogen-bond donors (Lipinski definition) is 9. The molecule has 2 heterocycles. The highest BCUT2D eigenvalue weighted by Gasteiger charge is 2.51. The molecule has 424 valence electrons. The van der Waals surface area contributed by atoms with Crippen LogP contribution in [0, 0.1) is 0 Å². The predicted octanol–water partition coefficient (Wildman–Crippen LogP) is 9.39. The molecule has 2 aliphatic rings. The van der Waals surface area contributed by atoms with Crippen LogP contribution in [0.4, 0.5) is 0 Å². The van der Waals surface area contributed by atoms with Crippen LogP contribution in [0.15, 0.2) is 60.8 Å². The van der Waals surface area contributed by atoms with Crippen molar-refractivity contribution in [1.29, 1.82) is 0 Å². The number of carbonyl (C=O) groups is 1. The first-order valence-electron chi connectivity index (χ1n) is 29.0. The molecule has 9 N–H and O–H groups in total. The Kier molecular flexibility index (Phi) is 41.0. The molecule has 0 radical (unpaired) electrons. The van der Waals surface area contributed by atoms with Crippen molar-refractivity contribution in [2.75, 3.05) is 19.8 Å². The molecule has 73 heavy (non-hydrogen) atoms. The number of carbonyl (C=O) groups excluding carboxylic acids is 1. The first kappa shape index (κ1) is 66.8. The first-order valence-corrected chi connectivity index (χ1v) is 29.0. The Hall–Kier alpha value is -2.31. The number of allylic oxidation sites excluding steroid dienone is 9. The van der Waals surface area contributed by atoms with E-state index >= 15 is 0 Å². The van der Waals surface area contributed by atoms with Gasteiger partial charge in [-0.1, -0.05) is 216 Å². The van der Waals surface area contributed by atoms with Crippen molar-refractivity contribution < 1.29 is 64.6 Å². The highest BCUT2D eigenvalue weighted by Crippen LogP contribution is 2.30. The summed E-state index contributed by atoms with van der Waals surface area (Å²) >= 11 is 0. The molecular formula is C59H105NO13. The van der Waals surface area contributed by atoms with Gasteiger partial charge in [0.1, 0.15) is 48.8 Å². The van der Waals surface area contributed by atoms with Gasteiger partial charge in [0.15, 0.2) is 12.6 Å². The fraction of sp³-hybridized carbons (Fsp3) is 0.814. The molecule has 14 heteroatoms. The lowest BCUT2D eigenvalue weighted by Gasteiger charge is -2.46. The normalized spacial score (nSPS) is 25.8. The summed E-state index contributed by atoms with van der Waals surface area (Å²) < 4.78 is 22.5. The van der Waals surface area contributed by atoms with Gasteiger partial charge in [-0.15, -0.1) is 0 Å². The van der Waals surface area contributed by atoms with Crippen LogP contribution in [0.1, 0.15) is 213 Å². The largest absolute Gasteiger partial charge is 0.394 e. The molecule has 12 atom stereocenters. The minimum absolute atomic E-state index is 0.248. The van der Waals surface area contributed by atoms with Crippen molar-refractivity contribution in [2.24, 2.45) is 0 Å². The molecule has 0 aromatic heterocycles. The lowest BCUT2D eigenvalue weighted by molar-refractivity contribution is -0.359. The van der Waals surface area contributed by atoms with E-state index in [1.807, 2.05) is 6.08 Å². The number of aliphatic hydroxyl groups excluding tert-OH is 8. The van der Waals surface area contributed by atoms with Gasteiger partial charge in [-0.05, 0) is 51.4 Å². The Labute approximate surface area is 441 Å². The van der Waals surface area contributed by atoms with E-state index in [2.05, 4.69) is 67.8 Å². The number of hydrogen-bond acceptors (Lipinski definition) is 13. The molecule has 2 fully saturated rings. The minimum Gasteiger partial charge on any atom is -0.394 e. The standard InChI is InChI=1S/C59H105NO13/c1-3-5-7-9-10-11-12-13-14-15-16-17-18-19-20-21-22-23-24-25-26-27-28-29-30-31-32-33-34-35-36-37-38-39-41-43-51(64)60-47(48(63)42-40-8-6-4-2)46-70-58-56(69)54(67)57(50(45-62)72-58)73-59-55(68)53(66)52(65)49(44-61)71-59/h5,7,10-11,13-14,16-17,40,42,47-50,52-59,61-63,65-69H,3-4,6,8-9,12,15,18-39,41,43-46H2,1-2H3,(H,60,64)/b7-5-,11-10-,14-13-,17-16-,42-40+. The molecule has 0 aromatic carbocycles. The van der Waals surface area contributed by atoms with Gasteiger partial charge in [0.2, 0.25) is 5.91 Å². The van der Waals surface area contributed by atoms with Gasteiger partial charge in [-0.25, -0.2) is 0 Å². The van der Waals surface area contributed by atoms with Crippen molar-refractivity contribution in [3.63, 3.8) is 0 Å². The van der Waals surface area contributed by atoms with E-state index < -0.39 is 86.8 Å². The molecule has 2 saturated heterocycles. The maximum atomic E-state index is 13.1. The molecule has 0 bridgehead atoms. The van der Waals surface area contributed by atoms with E-state index in [0.29, 0.717) is 6.42 Å². The van der Waals surface area contributed by atoms with Gasteiger partial charge < -0.3 is 65.1 Å². The molecular weight excluding hydrogens is 931 g/mol. The van der Waals surface area contributed by atoms with Crippen molar-refractivity contribution in [3.05, 3.63) is 60.8 Å². The molecule has 2 rings (SSSR count). The summed E-state index contributed by atoms with van der Waals surface area (Å²) in [5.74, 6) is -0.248. The van der Waals surface area contributed by atoms with Crippen LogP contribution in [-0.4, -0.2) is 140 Å². The van der Waals surface area contributed by atoms with Crippen LogP contribution in [-0.2, 0) is 23.7 Å². The van der Waals surface area contributed by atoms with E-state index in [9.17, 15) is 45.6 Å². The fourth-order valence-electron chi connectivity index (χ4n) is 9.27. The zero-order chi connectivity index (χ0) is 53.2. The SMILES string of the molecule is CC/C=C\C/C=C\C/C=C\C/C=C\CCCCCCCCCCCCCCCCCCCCCCCCC(=O)NC(COC1OC(CO)C(OC2OC(CO)C(O)C(O)C2O)C(O)C1O)C(O)/C=C/CCCC. The van der Waals surface area contributed by atoms with Crippen molar-refractivity contribution >= 4 is 5.91 Å². The Morgan fingerprint density at radius 3 is 1.44 bits per heavy atom. The van der Waals surface area contributed by atoms with Crippen LogP contribution >= 0.6 is 0 Å². The van der Waals surface area contributed by atoms with Crippen LogP contribution in [0.3, 0.4) is 0 Å². The third-order valence-electron chi connectivity index (χ3n) is 14.0. The Balaban J connectivity index is 1.50. The number of amides is 1. The zero-order valence-corrected chi connectivity index (χ0v) is 45.4. The number of rotatable bonds is 45. The molecule has 12 unspecified atom stereocenters. The topological polar surface area (TPSA) is 228 Å². The van der Waals surface area contributed by atoms with Crippen LogP contribution in [0.25, 0.3) is 0 Å². The summed E-state index contributed by atoms with van der Waals surface area (Å²) in [7, 11) is 0. The molecule has 0 aliphatic carbocycles. The van der Waals surface area contributed by atoms with E-state index in [-0.39, 0.29) is 18.9 Å². The molecule has 0 saturated carbocycles. The number of nitrogens with one attached hydrogen (secondary N) is 1. The second-order valence-corrected chi connectivity index (χ2v) is 20.4.